The highest BCUT2D eigenvalue weighted by atomic mass is 35.5. The lowest BCUT2D eigenvalue weighted by Gasteiger charge is -2.09. The summed E-state index contributed by atoms with van der Waals surface area (Å²) in [5, 5.41) is 9.21. The van der Waals surface area contributed by atoms with E-state index in [9.17, 15) is 4.79 Å². The molecule has 1 N–H and O–H groups in total. The van der Waals surface area contributed by atoms with E-state index in [1.165, 1.54) is 0 Å². The number of hydrogen-bond donors (Lipinski definition) is 1. The molecule has 0 unspecified atom stereocenters. The third-order valence-electron chi connectivity index (χ3n) is 2.47. The number of hydrogen-bond acceptors (Lipinski definition) is 1. The number of aromatic nitrogens is 1. The lowest BCUT2D eigenvalue weighted by Crippen LogP contribution is -2.02. The van der Waals surface area contributed by atoms with E-state index >= 15 is 0 Å². The Bertz CT molecular complexity index is 567. The smallest absolute Gasteiger partial charge is 0.338 e. The number of carbonyl (C=O) groups is 1. The fraction of sp³-hybridized carbons (Fsp3) is 0.0833. The van der Waals surface area contributed by atoms with Gasteiger partial charge in [-0.1, -0.05) is 23.2 Å². The van der Waals surface area contributed by atoms with Crippen molar-refractivity contribution in [2.75, 3.05) is 0 Å². The number of carboxylic acid groups (broad SMARTS) is 1. The highest BCUT2D eigenvalue weighted by Crippen LogP contribution is 2.28. The topological polar surface area (TPSA) is 42.2 Å². The van der Waals surface area contributed by atoms with Gasteiger partial charge in [-0.2, -0.15) is 0 Å². The van der Waals surface area contributed by atoms with Crippen LogP contribution < -0.4 is 0 Å². The molecule has 0 atom stereocenters. The van der Waals surface area contributed by atoms with Crippen LogP contribution in [0.1, 0.15) is 16.1 Å². The van der Waals surface area contributed by atoms with E-state index < -0.39 is 5.97 Å². The van der Waals surface area contributed by atoms with Gasteiger partial charge in [-0.25, -0.2) is 4.79 Å². The molecule has 3 nitrogen and oxygen atoms in total. The standard InChI is InChI=1S/C12H9Cl2NO2/c1-7-3-2-4-15(7)8-5-9(13)11(12(16)17)10(14)6-8/h2-6H,1H3,(H,16,17). The van der Waals surface area contributed by atoms with Gasteiger partial charge in [-0.15, -0.1) is 0 Å². The van der Waals surface area contributed by atoms with Crippen LogP contribution in [0.4, 0.5) is 0 Å². The van der Waals surface area contributed by atoms with Crippen molar-refractivity contribution in [1.82, 2.24) is 4.57 Å². The lowest BCUT2D eigenvalue weighted by molar-refractivity contribution is 0.0697. The Labute approximate surface area is 108 Å². The molecular formula is C12H9Cl2NO2. The van der Waals surface area contributed by atoms with Crippen LogP contribution in [0.3, 0.4) is 0 Å². The normalized spacial score (nSPS) is 10.5. The second-order valence-electron chi connectivity index (χ2n) is 3.61. The maximum absolute atomic E-state index is 10.9. The number of aromatic carboxylic acids is 1. The molecule has 88 valence electrons. The first-order valence-electron chi connectivity index (χ1n) is 4.87. The zero-order valence-corrected chi connectivity index (χ0v) is 10.5. The quantitative estimate of drug-likeness (QED) is 0.902. The Morgan fingerprint density at radius 2 is 1.88 bits per heavy atom. The maximum atomic E-state index is 10.9. The largest absolute Gasteiger partial charge is 0.478 e. The van der Waals surface area contributed by atoms with Crippen molar-refractivity contribution in [3.05, 3.63) is 51.8 Å². The van der Waals surface area contributed by atoms with Crippen molar-refractivity contribution in [3.63, 3.8) is 0 Å². The highest BCUT2D eigenvalue weighted by Gasteiger charge is 2.15. The first-order valence-corrected chi connectivity index (χ1v) is 5.63. The number of aryl methyl sites for hydroxylation is 1. The van der Waals surface area contributed by atoms with E-state index in [4.69, 9.17) is 28.3 Å². The van der Waals surface area contributed by atoms with Gasteiger partial charge in [0.1, 0.15) is 0 Å². The second kappa shape index (κ2) is 4.43. The summed E-state index contributed by atoms with van der Waals surface area (Å²) in [5.74, 6) is -1.13. The predicted molar refractivity (Wildman–Crippen MR) is 67.5 cm³/mol. The molecular weight excluding hydrogens is 261 g/mol. The Morgan fingerprint density at radius 1 is 1.29 bits per heavy atom. The summed E-state index contributed by atoms with van der Waals surface area (Å²) in [6.45, 7) is 1.94. The fourth-order valence-corrected chi connectivity index (χ4v) is 2.30. The number of benzene rings is 1. The van der Waals surface area contributed by atoms with E-state index in [2.05, 4.69) is 0 Å². The number of rotatable bonds is 2. The van der Waals surface area contributed by atoms with Gasteiger partial charge < -0.3 is 9.67 Å². The van der Waals surface area contributed by atoms with Crippen LogP contribution in [0.15, 0.2) is 30.5 Å². The minimum absolute atomic E-state index is 0.0677. The fourth-order valence-electron chi connectivity index (χ4n) is 1.66. The molecule has 0 aliphatic rings. The van der Waals surface area contributed by atoms with Crippen LogP contribution >= 0.6 is 23.2 Å². The molecule has 0 fully saturated rings. The molecule has 1 aromatic heterocycles. The summed E-state index contributed by atoms with van der Waals surface area (Å²) in [6.07, 6.45) is 1.86. The molecule has 1 heterocycles. The van der Waals surface area contributed by atoms with Gasteiger partial charge in [0.2, 0.25) is 0 Å². The van der Waals surface area contributed by atoms with E-state index in [0.717, 1.165) is 11.4 Å². The van der Waals surface area contributed by atoms with Gasteiger partial charge in [0, 0.05) is 17.6 Å². The molecule has 0 amide bonds. The minimum atomic E-state index is -1.13. The zero-order valence-electron chi connectivity index (χ0n) is 8.95. The first-order chi connectivity index (χ1) is 8.00. The SMILES string of the molecule is Cc1cccn1-c1cc(Cl)c(C(=O)O)c(Cl)c1. The predicted octanol–water partition coefficient (Wildman–Crippen LogP) is 3.79. The second-order valence-corrected chi connectivity index (χ2v) is 4.42. The van der Waals surface area contributed by atoms with Crippen molar-refractivity contribution >= 4 is 29.2 Å². The molecule has 0 radical (unpaired) electrons. The van der Waals surface area contributed by atoms with E-state index in [0.29, 0.717) is 0 Å². The third kappa shape index (κ3) is 2.16. The van der Waals surface area contributed by atoms with Crippen LogP contribution in [0.25, 0.3) is 5.69 Å². The summed E-state index contributed by atoms with van der Waals surface area (Å²) in [7, 11) is 0. The number of carboxylic acids is 1. The summed E-state index contributed by atoms with van der Waals surface area (Å²) < 4.78 is 1.88. The van der Waals surface area contributed by atoms with E-state index in [-0.39, 0.29) is 15.6 Å². The Kier molecular flexibility index (Phi) is 3.13. The van der Waals surface area contributed by atoms with Crippen LogP contribution in [0.2, 0.25) is 10.0 Å². The summed E-state index contributed by atoms with van der Waals surface area (Å²) >= 11 is 11.8. The van der Waals surface area contributed by atoms with Crippen LogP contribution in [0, 0.1) is 6.92 Å². The Hall–Kier alpha value is -1.45. The number of halogens is 2. The van der Waals surface area contributed by atoms with Gasteiger partial charge in [-0.3, -0.25) is 0 Å². The van der Waals surface area contributed by atoms with Crippen molar-refractivity contribution < 1.29 is 9.90 Å². The molecule has 0 spiro atoms. The Morgan fingerprint density at radius 3 is 2.29 bits per heavy atom. The summed E-state index contributed by atoms with van der Waals surface area (Å²) in [5.41, 5.74) is 1.69. The molecule has 5 heteroatoms. The minimum Gasteiger partial charge on any atom is -0.478 e. The molecule has 1 aromatic carbocycles. The van der Waals surface area contributed by atoms with Gasteiger partial charge in [0.25, 0.3) is 0 Å². The first kappa shape index (κ1) is 12.0. The summed E-state index contributed by atoms with van der Waals surface area (Å²) in [6, 6.07) is 7.00. The molecule has 2 aromatic rings. The average molecular weight is 270 g/mol. The third-order valence-corrected chi connectivity index (χ3v) is 3.07. The van der Waals surface area contributed by atoms with E-state index in [1.54, 1.807) is 12.1 Å². The lowest BCUT2D eigenvalue weighted by atomic mass is 10.2. The Balaban J connectivity index is 2.61. The van der Waals surface area contributed by atoms with E-state index in [1.807, 2.05) is 29.8 Å². The van der Waals surface area contributed by atoms with Gasteiger partial charge in [-0.05, 0) is 31.2 Å². The highest BCUT2D eigenvalue weighted by molar-refractivity contribution is 6.39. The van der Waals surface area contributed by atoms with Gasteiger partial charge in [0.15, 0.2) is 0 Å². The molecule has 2 rings (SSSR count). The molecule has 0 aliphatic heterocycles. The summed E-state index contributed by atoms with van der Waals surface area (Å²) in [4.78, 5) is 10.9. The van der Waals surface area contributed by atoms with Crippen LogP contribution in [-0.4, -0.2) is 15.6 Å². The molecule has 17 heavy (non-hydrogen) atoms. The molecule has 0 bridgehead atoms. The van der Waals surface area contributed by atoms with Crippen molar-refractivity contribution in [2.24, 2.45) is 0 Å². The molecule has 0 aliphatic carbocycles. The van der Waals surface area contributed by atoms with Crippen LogP contribution in [-0.2, 0) is 0 Å². The number of nitrogens with zero attached hydrogens (tertiary/aromatic N) is 1. The van der Waals surface area contributed by atoms with Crippen LogP contribution in [0.5, 0.6) is 0 Å². The molecule has 0 saturated carbocycles. The van der Waals surface area contributed by atoms with Crippen molar-refractivity contribution in [2.45, 2.75) is 6.92 Å². The molecule has 0 saturated heterocycles. The zero-order chi connectivity index (χ0) is 12.6. The maximum Gasteiger partial charge on any atom is 0.338 e. The van der Waals surface area contributed by atoms with Gasteiger partial charge in [0.05, 0.1) is 15.6 Å². The van der Waals surface area contributed by atoms with Gasteiger partial charge >= 0.3 is 5.97 Å². The average Bonchev–Trinajstić information content (AvgIpc) is 2.62. The monoisotopic (exact) mass is 269 g/mol. The van der Waals surface area contributed by atoms with Crippen molar-refractivity contribution in [3.8, 4) is 5.69 Å². The van der Waals surface area contributed by atoms with Crippen molar-refractivity contribution in [1.29, 1.82) is 0 Å².